The number of β-amino-alcohol motifs (C(OH)–C–C–N with tert-alkyl or cyclic N) is 1. The van der Waals surface area contributed by atoms with Gasteiger partial charge in [-0.15, -0.1) is 0 Å². The fraction of sp³-hybridized carbons (Fsp3) is 0.280. The molecule has 1 fully saturated rings. The third-order valence-electron chi connectivity index (χ3n) is 5.53. The molecule has 6 heteroatoms. The SMILES string of the molecule is O=C(/C=C/c1cn(Cc2ccccc2)nc1-c1ccccc1)N1CCN(CCO)CC1. The number of piperazine rings is 1. The molecule has 1 aromatic heterocycles. The third kappa shape index (κ3) is 5.48. The number of rotatable bonds is 7. The molecule has 3 aromatic rings. The molecule has 1 saturated heterocycles. The molecule has 0 radical (unpaired) electrons. The molecule has 1 N–H and O–H groups in total. The molecule has 160 valence electrons. The van der Waals surface area contributed by atoms with Crippen LogP contribution in [0.2, 0.25) is 0 Å². The number of hydrogen-bond acceptors (Lipinski definition) is 4. The Kier molecular flexibility index (Phi) is 6.92. The van der Waals surface area contributed by atoms with Gasteiger partial charge in [0, 0.05) is 56.1 Å². The van der Waals surface area contributed by atoms with Crippen molar-refractivity contribution in [3.05, 3.63) is 84.1 Å². The Labute approximate surface area is 183 Å². The van der Waals surface area contributed by atoms with Gasteiger partial charge in [0.2, 0.25) is 5.91 Å². The quantitative estimate of drug-likeness (QED) is 0.602. The first-order valence-electron chi connectivity index (χ1n) is 10.7. The van der Waals surface area contributed by atoms with Crippen molar-refractivity contribution in [1.82, 2.24) is 19.6 Å². The van der Waals surface area contributed by atoms with Crippen LogP contribution in [0.3, 0.4) is 0 Å². The van der Waals surface area contributed by atoms with Crippen molar-refractivity contribution in [2.24, 2.45) is 0 Å². The van der Waals surface area contributed by atoms with E-state index in [9.17, 15) is 4.79 Å². The van der Waals surface area contributed by atoms with Crippen LogP contribution in [-0.4, -0.2) is 69.9 Å². The van der Waals surface area contributed by atoms with Crippen LogP contribution >= 0.6 is 0 Å². The van der Waals surface area contributed by atoms with Gasteiger partial charge in [0.15, 0.2) is 0 Å². The van der Waals surface area contributed by atoms with E-state index in [0.29, 0.717) is 26.2 Å². The Balaban J connectivity index is 1.51. The van der Waals surface area contributed by atoms with E-state index in [1.807, 2.05) is 70.4 Å². The van der Waals surface area contributed by atoms with Crippen LogP contribution in [0.15, 0.2) is 72.9 Å². The van der Waals surface area contributed by atoms with E-state index in [1.165, 1.54) is 5.56 Å². The lowest BCUT2D eigenvalue weighted by atomic mass is 10.1. The molecule has 0 aliphatic carbocycles. The molecule has 2 aromatic carbocycles. The molecule has 0 spiro atoms. The van der Waals surface area contributed by atoms with Crippen LogP contribution in [0, 0.1) is 0 Å². The highest BCUT2D eigenvalue weighted by molar-refractivity contribution is 5.93. The van der Waals surface area contributed by atoms with E-state index in [2.05, 4.69) is 17.0 Å². The van der Waals surface area contributed by atoms with E-state index in [4.69, 9.17) is 10.2 Å². The molecule has 1 aliphatic rings. The fourth-order valence-electron chi connectivity index (χ4n) is 3.83. The number of benzene rings is 2. The van der Waals surface area contributed by atoms with Gasteiger partial charge in [-0.2, -0.15) is 5.10 Å². The molecule has 0 atom stereocenters. The maximum absolute atomic E-state index is 12.7. The summed E-state index contributed by atoms with van der Waals surface area (Å²) >= 11 is 0. The maximum Gasteiger partial charge on any atom is 0.246 e. The smallest absolute Gasteiger partial charge is 0.246 e. The lowest BCUT2D eigenvalue weighted by Gasteiger charge is -2.33. The summed E-state index contributed by atoms with van der Waals surface area (Å²) in [6, 6.07) is 20.3. The minimum atomic E-state index is 0.0125. The average molecular weight is 417 g/mol. The highest BCUT2D eigenvalue weighted by atomic mass is 16.3. The molecule has 2 heterocycles. The first-order chi connectivity index (χ1) is 15.2. The van der Waals surface area contributed by atoms with Gasteiger partial charge in [0.25, 0.3) is 0 Å². The zero-order valence-corrected chi connectivity index (χ0v) is 17.6. The van der Waals surface area contributed by atoms with E-state index in [1.54, 1.807) is 6.08 Å². The summed E-state index contributed by atoms with van der Waals surface area (Å²) in [5.74, 6) is 0.0125. The Hall–Kier alpha value is -3.22. The van der Waals surface area contributed by atoms with Gasteiger partial charge < -0.3 is 10.0 Å². The van der Waals surface area contributed by atoms with Crippen molar-refractivity contribution in [3.8, 4) is 11.3 Å². The molecule has 4 rings (SSSR count). The van der Waals surface area contributed by atoms with Gasteiger partial charge in [0.05, 0.1) is 18.8 Å². The number of carbonyl (C=O) groups excluding carboxylic acids is 1. The Morgan fingerprint density at radius 1 is 0.968 bits per heavy atom. The first-order valence-corrected chi connectivity index (χ1v) is 10.7. The van der Waals surface area contributed by atoms with Gasteiger partial charge in [-0.3, -0.25) is 14.4 Å². The van der Waals surface area contributed by atoms with E-state index < -0.39 is 0 Å². The summed E-state index contributed by atoms with van der Waals surface area (Å²) in [4.78, 5) is 16.8. The second-order valence-electron chi connectivity index (χ2n) is 7.71. The molecule has 0 saturated carbocycles. The summed E-state index contributed by atoms with van der Waals surface area (Å²) < 4.78 is 1.93. The standard InChI is InChI=1S/C25H28N4O2/c30-18-17-27-13-15-28(16-14-27)24(31)12-11-23-20-29(19-21-7-3-1-4-8-21)26-25(23)22-9-5-2-6-10-22/h1-12,20,30H,13-19H2/b12-11+. The number of amides is 1. The van der Waals surface area contributed by atoms with E-state index in [-0.39, 0.29) is 12.5 Å². The highest BCUT2D eigenvalue weighted by Gasteiger charge is 2.19. The normalized spacial score (nSPS) is 14.9. The summed E-state index contributed by atoms with van der Waals surface area (Å²) in [5, 5.41) is 13.9. The zero-order valence-electron chi connectivity index (χ0n) is 17.6. The Morgan fingerprint density at radius 2 is 1.65 bits per heavy atom. The van der Waals surface area contributed by atoms with Gasteiger partial charge in [-0.05, 0) is 11.6 Å². The fourth-order valence-corrected chi connectivity index (χ4v) is 3.83. The monoisotopic (exact) mass is 416 g/mol. The van der Waals surface area contributed by atoms with Crippen molar-refractivity contribution < 1.29 is 9.90 Å². The molecule has 0 unspecified atom stereocenters. The summed E-state index contributed by atoms with van der Waals surface area (Å²) in [7, 11) is 0. The number of carbonyl (C=O) groups is 1. The predicted molar refractivity (Wildman–Crippen MR) is 122 cm³/mol. The maximum atomic E-state index is 12.7. The second-order valence-corrected chi connectivity index (χ2v) is 7.71. The van der Waals surface area contributed by atoms with Crippen LogP contribution in [0.5, 0.6) is 0 Å². The largest absolute Gasteiger partial charge is 0.395 e. The van der Waals surface area contributed by atoms with E-state index >= 15 is 0 Å². The number of aliphatic hydroxyl groups is 1. The Bertz CT molecular complexity index is 1010. The molecule has 1 aliphatic heterocycles. The second kappa shape index (κ2) is 10.2. The predicted octanol–water partition coefficient (Wildman–Crippen LogP) is 2.75. The van der Waals surface area contributed by atoms with Crippen molar-refractivity contribution in [3.63, 3.8) is 0 Å². The summed E-state index contributed by atoms with van der Waals surface area (Å²) in [6.45, 7) is 4.45. The zero-order chi connectivity index (χ0) is 21.5. The average Bonchev–Trinajstić information content (AvgIpc) is 3.22. The molecule has 1 amide bonds. The molecule has 31 heavy (non-hydrogen) atoms. The molecule has 6 nitrogen and oxygen atoms in total. The van der Waals surface area contributed by atoms with Crippen molar-refractivity contribution >= 4 is 12.0 Å². The lowest BCUT2D eigenvalue weighted by Crippen LogP contribution is -2.48. The first kappa shape index (κ1) is 21.0. The minimum absolute atomic E-state index is 0.0125. The van der Waals surface area contributed by atoms with Crippen LogP contribution in [-0.2, 0) is 11.3 Å². The molecular formula is C25H28N4O2. The van der Waals surface area contributed by atoms with Crippen molar-refractivity contribution in [1.29, 1.82) is 0 Å². The van der Waals surface area contributed by atoms with Gasteiger partial charge in [-0.1, -0.05) is 60.7 Å². The summed E-state index contributed by atoms with van der Waals surface area (Å²) in [6.07, 6.45) is 5.52. The van der Waals surface area contributed by atoms with Crippen LogP contribution in [0.25, 0.3) is 17.3 Å². The summed E-state index contributed by atoms with van der Waals surface area (Å²) in [5.41, 5.74) is 4.00. The number of hydrogen-bond donors (Lipinski definition) is 1. The van der Waals surface area contributed by atoms with Crippen LogP contribution < -0.4 is 0 Å². The van der Waals surface area contributed by atoms with E-state index in [0.717, 1.165) is 29.9 Å². The number of nitrogens with zero attached hydrogens (tertiary/aromatic N) is 4. The third-order valence-corrected chi connectivity index (χ3v) is 5.53. The molecule has 0 bridgehead atoms. The molecular weight excluding hydrogens is 388 g/mol. The highest BCUT2D eigenvalue weighted by Crippen LogP contribution is 2.23. The van der Waals surface area contributed by atoms with Gasteiger partial charge in [-0.25, -0.2) is 0 Å². The number of aromatic nitrogens is 2. The minimum Gasteiger partial charge on any atom is -0.395 e. The van der Waals surface area contributed by atoms with Gasteiger partial charge in [0.1, 0.15) is 0 Å². The lowest BCUT2D eigenvalue weighted by molar-refractivity contribution is -0.127. The van der Waals surface area contributed by atoms with Crippen LogP contribution in [0.1, 0.15) is 11.1 Å². The van der Waals surface area contributed by atoms with Crippen molar-refractivity contribution in [2.75, 3.05) is 39.3 Å². The van der Waals surface area contributed by atoms with Gasteiger partial charge >= 0.3 is 0 Å². The number of aliphatic hydroxyl groups excluding tert-OH is 1. The van der Waals surface area contributed by atoms with Crippen molar-refractivity contribution in [2.45, 2.75) is 6.54 Å². The topological polar surface area (TPSA) is 61.6 Å². The van der Waals surface area contributed by atoms with Crippen LogP contribution in [0.4, 0.5) is 0 Å². The Morgan fingerprint density at radius 3 is 2.32 bits per heavy atom.